The zero-order valence-electron chi connectivity index (χ0n) is 12.6. The number of hydrogen-bond donors (Lipinski definition) is 0. The Morgan fingerprint density at radius 3 is 2.30 bits per heavy atom. The van der Waals surface area contributed by atoms with E-state index in [1.54, 1.807) is 0 Å². The molecular formula is C17H21NSSi. The lowest BCUT2D eigenvalue weighted by Gasteiger charge is -2.14. The molecule has 0 saturated carbocycles. The van der Waals surface area contributed by atoms with Crippen LogP contribution in [0.1, 0.15) is 11.1 Å². The molecule has 0 heterocycles. The van der Waals surface area contributed by atoms with Crippen molar-refractivity contribution in [1.29, 1.82) is 0 Å². The van der Waals surface area contributed by atoms with Crippen LogP contribution in [0.5, 0.6) is 0 Å². The van der Waals surface area contributed by atoms with Gasteiger partial charge in [-0.25, -0.2) is 0 Å². The SMILES string of the molecule is Cc1cccc(N=Cc2ccc(S[Si](C)(C)C)cc2)c1. The molecule has 0 N–H and O–H groups in total. The van der Waals surface area contributed by atoms with Crippen molar-refractivity contribution in [3.05, 3.63) is 59.7 Å². The van der Waals surface area contributed by atoms with E-state index < -0.39 is 7.22 Å². The first-order chi connectivity index (χ1) is 9.42. The summed E-state index contributed by atoms with van der Waals surface area (Å²) in [6.45, 7) is 9.18. The van der Waals surface area contributed by atoms with Gasteiger partial charge in [0, 0.05) is 11.1 Å². The molecule has 0 spiro atoms. The Labute approximate surface area is 126 Å². The fourth-order valence-corrected chi connectivity index (χ4v) is 5.34. The molecule has 3 heteroatoms. The summed E-state index contributed by atoms with van der Waals surface area (Å²) < 4.78 is 0. The number of benzene rings is 2. The molecule has 2 aromatic carbocycles. The van der Waals surface area contributed by atoms with Crippen molar-refractivity contribution in [3.63, 3.8) is 0 Å². The predicted octanol–water partition coefficient (Wildman–Crippen LogP) is 5.67. The average Bonchev–Trinajstić information content (AvgIpc) is 2.36. The van der Waals surface area contributed by atoms with E-state index in [0.29, 0.717) is 0 Å². The third-order valence-electron chi connectivity index (χ3n) is 2.67. The lowest BCUT2D eigenvalue weighted by Crippen LogP contribution is -2.13. The van der Waals surface area contributed by atoms with Crippen molar-refractivity contribution < 1.29 is 0 Å². The molecule has 2 aromatic rings. The van der Waals surface area contributed by atoms with Crippen molar-refractivity contribution in [1.82, 2.24) is 0 Å². The highest BCUT2D eigenvalue weighted by molar-refractivity contribution is 8.28. The largest absolute Gasteiger partial charge is 0.256 e. The van der Waals surface area contributed by atoms with Gasteiger partial charge in [0.1, 0.15) is 7.22 Å². The second kappa shape index (κ2) is 6.42. The van der Waals surface area contributed by atoms with Crippen molar-refractivity contribution in [3.8, 4) is 0 Å². The highest BCUT2D eigenvalue weighted by Crippen LogP contribution is 2.28. The van der Waals surface area contributed by atoms with Crippen LogP contribution >= 0.6 is 11.2 Å². The minimum Gasteiger partial charge on any atom is -0.256 e. The molecule has 0 aliphatic carbocycles. The van der Waals surface area contributed by atoms with E-state index >= 15 is 0 Å². The van der Waals surface area contributed by atoms with Gasteiger partial charge in [-0.2, -0.15) is 11.2 Å². The Morgan fingerprint density at radius 1 is 1.00 bits per heavy atom. The number of aliphatic imine (C=N–C) groups is 1. The first kappa shape index (κ1) is 15.1. The summed E-state index contributed by atoms with van der Waals surface area (Å²) in [6.07, 6.45) is 1.93. The van der Waals surface area contributed by atoms with Crippen LogP contribution in [0.2, 0.25) is 19.6 Å². The van der Waals surface area contributed by atoms with Crippen molar-refractivity contribution in [2.45, 2.75) is 31.5 Å². The molecule has 0 saturated heterocycles. The molecule has 20 heavy (non-hydrogen) atoms. The van der Waals surface area contributed by atoms with E-state index in [1.165, 1.54) is 10.5 Å². The smallest absolute Gasteiger partial charge is 0.114 e. The first-order valence-corrected chi connectivity index (χ1v) is 11.9. The fraction of sp³-hybridized carbons (Fsp3) is 0.235. The summed E-state index contributed by atoms with van der Waals surface area (Å²) >= 11 is 2.02. The van der Waals surface area contributed by atoms with E-state index in [2.05, 4.69) is 68.0 Å². The minimum atomic E-state index is -1.11. The topological polar surface area (TPSA) is 12.4 Å². The first-order valence-electron chi connectivity index (χ1n) is 6.82. The quantitative estimate of drug-likeness (QED) is 0.523. The van der Waals surface area contributed by atoms with Crippen LogP contribution in [0.4, 0.5) is 5.69 Å². The zero-order chi connectivity index (χ0) is 14.6. The average molecular weight is 300 g/mol. The summed E-state index contributed by atoms with van der Waals surface area (Å²) in [5.41, 5.74) is 3.39. The van der Waals surface area contributed by atoms with Gasteiger partial charge in [0.25, 0.3) is 0 Å². The molecule has 0 radical (unpaired) electrons. The van der Waals surface area contributed by atoms with Crippen LogP contribution in [0, 0.1) is 6.92 Å². The van der Waals surface area contributed by atoms with Crippen molar-refractivity contribution in [2.24, 2.45) is 4.99 Å². The lowest BCUT2D eigenvalue weighted by molar-refractivity contribution is 1.42. The molecule has 0 bridgehead atoms. The van der Waals surface area contributed by atoms with Crippen LogP contribution in [0.3, 0.4) is 0 Å². The normalized spacial score (nSPS) is 12.0. The third kappa shape index (κ3) is 4.98. The molecule has 0 unspecified atom stereocenters. The molecule has 0 aliphatic heterocycles. The minimum absolute atomic E-state index is 1.01. The van der Waals surface area contributed by atoms with Gasteiger partial charge in [-0.3, -0.25) is 4.99 Å². The number of nitrogens with zero attached hydrogens (tertiary/aromatic N) is 1. The molecule has 0 aromatic heterocycles. The second-order valence-electron chi connectivity index (χ2n) is 5.88. The van der Waals surface area contributed by atoms with Crippen LogP contribution in [-0.2, 0) is 0 Å². The molecular weight excluding hydrogens is 278 g/mol. The molecule has 0 amide bonds. The van der Waals surface area contributed by atoms with Crippen LogP contribution in [0.25, 0.3) is 0 Å². The number of hydrogen-bond acceptors (Lipinski definition) is 2. The summed E-state index contributed by atoms with van der Waals surface area (Å²) in [5, 5.41) is 0. The summed E-state index contributed by atoms with van der Waals surface area (Å²) in [4.78, 5) is 5.88. The van der Waals surface area contributed by atoms with Gasteiger partial charge in [0.05, 0.1) is 5.69 Å². The maximum atomic E-state index is 4.52. The van der Waals surface area contributed by atoms with Gasteiger partial charge in [0.15, 0.2) is 0 Å². The predicted molar refractivity (Wildman–Crippen MR) is 94.1 cm³/mol. The molecule has 104 valence electrons. The number of aryl methyl sites for hydroxylation is 1. The Bertz CT molecular complexity index is 597. The van der Waals surface area contributed by atoms with E-state index in [9.17, 15) is 0 Å². The third-order valence-corrected chi connectivity index (χ3v) is 6.33. The van der Waals surface area contributed by atoms with Crippen LogP contribution < -0.4 is 0 Å². The van der Waals surface area contributed by atoms with E-state index in [-0.39, 0.29) is 0 Å². The number of rotatable bonds is 4. The standard InChI is InChI=1S/C17H21NSSi/c1-14-6-5-7-16(12-14)18-13-15-8-10-17(11-9-15)19-20(2,3)4/h5-13H,1-4H3. The van der Waals surface area contributed by atoms with Gasteiger partial charge >= 0.3 is 0 Å². The maximum absolute atomic E-state index is 4.52. The van der Waals surface area contributed by atoms with Crippen molar-refractivity contribution >= 4 is 30.3 Å². The summed E-state index contributed by atoms with van der Waals surface area (Å²) in [6, 6.07) is 16.9. The second-order valence-corrected chi connectivity index (χ2v) is 15.1. The summed E-state index contributed by atoms with van der Waals surface area (Å²) in [7, 11) is -1.11. The van der Waals surface area contributed by atoms with Gasteiger partial charge in [-0.05, 0) is 42.3 Å². The molecule has 0 aliphatic rings. The molecule has 1 nitrogen and oxygen atoms in total. The van der Waals surface area contributed by atoms with Crippen LogP contribution in [-0.4, -0.2) is 13.4 Å². The lowest BCUT2D eigenvalue weighted by atomic mass is 10.2. The monoisotopic (exact) mass is 299 g/mol. The van der Waals surface area contributed by atoms with Gasteiger partial charge in [-0.15, -0.1) is 0 Å². The Hall–Kier alpha value is -1.32. The van der Waals surface area contributed by atoms with Crippen molar-refractivity contribution in [2.75, 3.05) is 0 Å². The molecule has 2 rings (SSSR count). The van der Waals surface area contributed by atoms with E-state index in [1.807, 2.05) is 29.6 Å². The highest BCUT2D eigenvalue weighted by Gasteiger charge is 2.14. The van der Waals surface area contributed by atoms with Crippen LogP contribution in [0.15, 0.2) is 58.4 Å². The van der Waals surface area contributed by atoms with Gasteiger partial charge in [-0.1, -0.05) is 43.9 Å². The molecule has 0 atom stereocenters. The summed E-state index contributed by atoms with van der Waals surface area (Å²) in [5.74, 6) is 0. The Balaban J connectivity index is 2.07. The fourth-order valence-electron chi connectivity index (χ4n) is 1.83. The van der Waals surface area contributed by atoms with Gasteiger partial charge < -0.3 is 0 Å². The Kier molecular flexibility index (Phi) is 4.84. The van der Waals surface area contributed by atoms with E-state index in [4.69, 9.17) is 0 Å². The van der Waals surface area contributed by atoms with E-state index in [0.717, 1.165) is 11.3 Å². The highest BCUT2D eigenvalue weighted by atomic mass is 32.4. The van der Waals surface area contributed by atoms with Gasteiger partial charge in [0.2, 0.25) is 0 Å². The maximum Gasteiger partial charge on any atom is 0.114 e. The Morgan fingerprint density at radius 2 is 1.70 bits per heavy atom. The molecule has 0 fully saturated rings. The zero-order valence-corrected chi connectivity index (χ0v) is 14.4.